The predicted octanol–water partition coefficient (Wildman–Crippen LogP) is -1.57. The molecule has 64 valence electrons. The largest absolute Gasteiger partial charge is 0.478 e. The topological polar surface area (TPSA) is 124 Å². The summed E-state index contributed by atoms with van der Waals surface area (Å²) in [5.74, 6) is 0. The summed E-state index contributed by atoms with van der Waals surface area (Å²) in [5, 5.41) is 0. The minimum absolute atomic E-state index is 0. The maximum absolute atomic E-state index is 9.63. The van der Waals surface area contributed by atoms with Crippen LogP contribution in [0.1, 0.15) is 0 Å². The van der Waals surface area contributed by atoms with E-state index in [-0.39, 0.29) is 47.8 Å². The van der Waals surface area contributed by atoms with Gasteiger partial charge in [-0.25, -0.2) is 9.13 Å². The van der Waals surface area contributed by atoms with E-state index in [1.807, 2.05) is 0 Å². The van der Waals surface area contributed by atoms with Gasteiger partial charge in [0.05, 0.1) is 0 Å². The summed E-state index contributed by atoms with van der Waals surface area (Å²) in [6.07, 6.45) is 0. The molecule has 0 bridgehead atoms. The van der Waals surface area contributed by atoms with Crippen molar-refractivity contribution in [1.82, 2.24) is 0 Å². The number of phosphoric acid groups is 2. The van der Waals surface area contributed by atoms with Gasteiger partial charge in [-0.05, 0) is 0 Å². The molecular weight excluding hydrogens is 411 g/mol. The zero-order valence-corrected chi connectivity index (χ0v) is 12.4. The molecule has 0 saturated heterocycles. The molecule has 0 aliphatic heterocycles. The zero-order valence-electron chi connectivity index (χ0n) is 4.91. The van der Waals surface area contributed by atoms with Crippen LogP contribution >= 0.6 is 15.6 Å². The third-order valence-corrected chi connectivity index (χ3v) is 1.91. The fourth-order valence-corrected chi connectivity index (χ4v) is 1.25. The van der Waals surface area contributed by atoms with Gasteiger partial charge in [0.1, 0.15) is 0 Å². The molecule has 11 heteroatoms. The van der Waals surface area contributed by atoms with Crippen molar-refractivity contribution in [3.8, 4) is 0 Å². The van der Waals surface area contributed by atoms with Gasteiger partial charge < -0.3 is 19.6 Å². The van der Waals surface area contributed by atoms with E-state index in [1.54, 1.807) is 0 Å². The number of hydrogen-bond acceptors (Lipinski definition) is 3. The van der Waals surface area contributed by atoms with Crippen molar-refractivity contribution in [1.29, 1.82) is 0 Å². The van der Waals surface area contributed by atoms with Crippen molar-refractivity contribution in [2.75, 3.05) is 0 Å². The second-order valence-corrected chi connectivity index (χ2v) is 3.68. The summed E-state index contributed by atoms with van der Waals surface area (Å²) >= 11 is 0. The van der Waals surface area contributed by atoms with Crippen LogP contribution in [0.5, 0.6) is 0 Å². The molecule has 0 rings (SSSR count). The SMILES string of the molecule is O=P(O)(O)OP(=O)(O)O.[Sn].[Sn]. The predicted molar refractivity (Wildman–Crippen MR) is 36.7 cm³/mol. The van der Waals surface area contributed by atoms with E-state index in [0.717, 1.165) is 0 Å². The third kappa shape index (κ3) is 18.7. The summed E-state index contributed by atoms with van der Waals surface area (Å²) in [4.78, 5) is 31.0. The molecule has 0 aromatic rings. The fraction of sp³-hybridized carbons (Fsp3) is 0. The van der Waals surface area contributed by atoms with Crippen molar-refractivity contribution in [3.05, 3.63) is 0 Å². The summed E-state index contributed by atoms with van der Waals surface area (Å²) in [7, 11) is -10.1. The second kappa shape index (κ2) is 6.33. The molecule has 0 aliphatic rings. The van der Waals surface area contributed by atoms with Crippen LogP contribution in [-0.4, -0.2) is 67.4 Å². The molecule has 0 amide bonds. The van der Waals surface area contributed by atoms with Gasteiger partial charge >= 0.3 is 15.6 Å². The maximum Gasteiger partial charge on any atom is 0.478 e. The van der Waals surface area contributed by atoms with E-state index < -0.39 is 15.6 Å². The monoisotopic (exact) mass is 418 g/mol. The van der Waals surface area contributed by atoms with Crippen LogP contribution in [0.4, 0.5) is 0 Å². The van der Waals surface area contributed by atoms with Gasteiger partial charge in [0, 0.05) is 47.8 Å². The van der Waals surface area contributed by atoms with E-state index in [0.29, 0.717) is 0 Å². The van der Waals surface area contributed by atoms with Crippen LogP contribution in [0.15, 0.2) is 0 Å². The Morgan fingerprint density at radius 2 is 1.00 bits per heavy atom. The van der Waals surface area contributed by atoms with Gasteiger partial charge in [0.15, 0.2) is 0 Å². The minimum atomic E-state index is -5.05. The van der Waals surface area contributed by atoms with Gasteiger partial charge in [0.25, 0.3) is 0 Å². The smallest absolute Gasteiger partial charge is 0.302 e. The Morgan fingerprint density at radius 1 is 0.818 bits per heavy atom. The van der Waals surface area contributed by atoms with Gasteiger partial charge in [-0.15, -0.1) is 0 Å². The van der Waals surface area contributed by atoms with Crippen LogP contribution in [0.25, 0.3) is 0 Å². The molecule has 0 spiro atoms. The molecule has 4 N–H and O–H groups in total. The Labute approximate surface area is 95.9 Å². The van der Waals surface area contributed by atoms with Crippen molar-refractivity contribution >= 4 is 63.5 Å². The molecule has 11 heavy (non-hydrogen) atoms. The third-order valence-electron chi connectivity index (χ3n) is 0.213. The standard InChI is InChI=1S/H4O7P2.2Sn/c1-8(2,3)7-9(4,5)6;;/h(H2,1,2,3)(H2,4,5,6);;. The van der Waals surface area contributed by atoms with Crippen LogP contribution < -0.4 is 0 Å². The van der Waals surface area contributed by atoms with Gasteiger partial charge in [-0.3, -0.25) is 0 Å². The minimum Gasteiger partial charge on any atom is -0.302 e. The van der Waals surface area contributed by atoms with Crippen LogP contribution in [0, 0.1) is 0 Å². The molecule has 0 saturated carbocycles. The maximum atomic E-state index is 9.63. The van der Waals surface area contributed by atoms with Crippen LogP contribution in [-0.2, 0) is 13.4 Å². The van der Waals surface area contributed by atoms with Crippen molar-refractivity contribution in [2.24, 2.45) is 0 Å². The van der Waals surface area contributed by atoms with E-state index in [9.17, 15) is 9.13 Å². The zero-order chi connectivity index (χ0) is 7.71. The first-order valence-corrected chi connectivity index (χ1v) is 4.59. The average Bonchev–Trinajstić information content (AvgIpc) is 1.14. The molecule has 0 atom stereocenters. The van der Waals surface area contributed by atoms with Crippen molar-refractivity contribution in [2.45, 2.75) is 0 Å². The van der Waals surface area contributed by atoms with Gasteiger partial charge in [-0.1, -0.05) is 0 Å². The van der Waals surface area contributed by atoms with Crippen molar-refractivity contribution in [3.63, 3.8) is 0 Å². The van der Waals surface area contributed by atoms with Gasteiger partial charge in [0.2, 0.25) is 0 Å². The summed E-state index contributed by atoms with van der Waals surface area (Å²) in [5.41, 5.74) is 0. The molecule has 0 heterocycles. The normalized spacial score (nSPS) is 11.3. The Kier molecular flexibility index (Phi) is 10.7. The molecule has 7 nitrogen and oxygen atoms in total. The van der Waals surface area contributed by atoms with Crippen molar-refractivity contribution < 1.29 is 33.0 Å². The molecule has 0 aliphatic carbocycles. The Morgan fingerprint density at radius 3 is 1.00 bits per heavy atom. The summed E-state index contributed by atoms with van der Waals surface area (Å²) in [6.45, 7) is 0. The first-order valence-electron chi connectivity index (χ1n) is 1.53. The number of hydrogen-bond donors (Lipinski definition) is 4. The molecule has 0 fully saturated rings. The fourth-order valence-electron chi connectivity index (χ4n) is 0.139. The van der Waals surface area contributed by atoms with E-state index in [2.05, 4.69) is 4.31 Å². The molecule has 0 aromatic carbocycles. The van der Waals surface area contributed by atoms with Gasteiger partial charge in [-0.2, -0.15) is 4.31 Å². The Hall–Kier alpha value is 1.86. The average molecular weight is 415 g/mol. The van der Waals surface area contributed by atoms with E-state index >= 15 is 0 Å². The Bertz CT molecular complexity index is 155. The quantitative estimate of drug-likeness (QED) is 0.317. The number of rotatable bonds is 2. The first kappa shape index (κ1) is 18.6. The van der Waals surface area contributed by atoms with E-state index in [4.69, 9.17) is 19.6 Å². The first-order chi connectivity index (χ1) is 3.71. The Balaban J connectivity index is -0.000000320. The molecule has 0 unspecified atom stereocenters. The summed E-state index contributed by atoms with van der Waals surface area (Å²) in [6, 6.07) is 0. The molecule has 0 aromatic heterocycles. The van der Waals surface area contributed by atoms with E-state index in [1.165, 1.54) is 0 Å². The van der Waals surface area contributed by atoms with Crippen LogP contribution in [0.3, 0.4) is 0 Å². The molecular formula is H4O7P2Sn2. The molecule has 8 radical (unpaired) electrons. The van der Waals surface area contributed by atoms with Crippen LogP contribution in [0.2, 0.25) is 0 Å². The second-order valence-electron chi connectivity index (χ2n) is 1.06. The summed E-state index contributed by atoms with van der Waals surface area (Å²) < 4.78 is 22.2.